The fraction of sp³-hybridized carbons (Fsp3) is 0.619. The number of fused-ring (bicyclic) bond motifs is 1. The molecule has 1 saturated heterocycles. The van der Waals surface area contributed by atoms with E-state index in [2.05, 4.69) is 38.4 Å². The summed E-state index contributed by atoms with van der Waals surface area (Å²) >= 11 is 0. The first-order valence-corrected chi connectivity index (χ1v) is 10.8. The number of allylic oxidation sites excluding steroid dienone is 1. The Balaban J connectivity index is 1.31. The van der Waals surface area contributed by atoms with Gasteiger partial charge < -0.3 is 15.1 Å². The summed E-state index contributed by atoms with van der Waals surface area (Å²) in [6.45, 7) is 4.71. The summed E-state index contributed by atoms with van der Waals surface area (Å²) in [6.07, 6.45) is 9.19. The zero-order valence-corrected chi connectivity index (χ0v) is 17.3. The molecule has 156 valence electrons. The van der Waals surface area contributed by atoms with Gasteiger partial charge in [0.15, 0.2) is 11.5 Å². The van der Waals surface area contributed by atoms with Crippen molar-refractivity contribution >= 4 is 17.4 Å². The summed E-state index contributed by atoms with van der Waals surface area (Å²) in [6, 6.07) is 3.96. The lowest BCUT2D eigenvalue weighted by molar-refractivity contribution is -0.121. The first-order chi connectivity index (χ1) is 14.2. The van der Waals surface area contributed by atoms with E-state index in [9.17, 15) is 4.79 Å². The van der Waals surface area contributed by atoms with E-state index in [0.717, 1.165) is 56.4 Å². The average Bonchev–Trinajstić information content (AvgIpc) is 3.16. The molecule has 3 heterocycles. The first kappa shape index (κ1) is 19.8. The average molecular weight is 398 g/mol. The van der Waals surface area contributed by atoms with Gasteiger partial charge in [-0.2, -0.15) is 4.52 Å². The number of carbonyl (C=O) groups excluding carboxylic acids is 1. The van der Waals surface area contributed by atoms with Crippen LogP contribution in [0.25, 0.3) is 5.65 Å². The fourth-order valence-electron chi connectivity index (χ4n) is 3.99. The lowest BCUT2D eigenvalue weighted by atomic mass is 9.97. The van der Waals surface area contributed by atoms with Gasteiger partial charge in [0.1, 0.15) is 5.82 Å². The summed E-state index contributed by atoms with van der Waals surface area (Å²) in [5.74, 6) is 1.74. The van der Waals surface area contributed by atoms with Gasteiger partial charge in [0.25, 0.3) is 0 Å². The molecule has 4 rings (SSSR count). The van der Waals surface area contributed by atoms with Crippen molar-refractivity contribution in [1.82, 2.24) is 30.0 Å². The van der Waals surface area contributed by atoms with Gasteiger partial charge in [-0.05, 0) is 51.3 Å². The maximum atomic E-state index is 12.2. The number of piperazine rings is 1. The number of hydrogen-bond acceptors (Lipinski definition) is 6. The Labute approximate surface area is 172 Å². The predicted molar refractivity (Wildman–Crippen MR) is 113 cm³/mol. The standard InChI is InChI=1S/C21H31N7O/c1-26-13-15-27(16-14-26)20-8-7-18-23-24-19(28(18)25-20)9-10-21(29)22-12-11-17-5-3-2-4-6-17/h5,7-8H,2-4,6,9-16H2,1H3,(H,22,29). The SMILES string of the molecule is CN1CCN(c2ccc3nnc(CCC(=O)NCCC4=CCCCC4)n3n2)CC1. The lowest BCUT2D eigenvalue weighted by Crippen LogP contribution is -2.45. The number of nitrogens with zero attached hydrogens (tertiary/aromatic N) is 6. The molecule has 2 aromatic rings. The van der Waals surface area contributed by atoms with Gasteiger partial charge in [-0.15, -0.1) is 15.3 Å². The Bertz CT molecular complexity index is 867. The van der Waals surface area contributed by atoms with Crippen LogP contribution in [-0.4, -0.2) is 70.4 Å². The number of amides is 1. The molecule has 0 unspecified atom stereocenters. The molecule has 2 aromatic heterocycles. The zero-order chi connectivity index (χ0) is 20.1. The fourth-order valence-corrected chi connectivity index (χ4v) is 3.99. The Morgan fingerprint density at radius 1 is 1.10 bits per heavy atom. The molecular formula is C21H31N7O. The molecule has 1 fully saturated rings. The second-order valence-electron chi connectivity index (χ2n) is 8.08. The highest BCUT2D eigenvalue weighted by atomic mass is 16.1. The topological polar surface area (TPSA) is 78.7 Å². The van der Waals surface area contributed by atoms with Crippen LogP contribution in [0.5, 0.6) is 0 Å². The lowest BCUT2D eigenvalue weighted by Gasteiger charge is -2.33. The Kier molecular flexibility index (Phi) is 6.39. The van der Waals surface area contributed by atoms with Crippen LogP contribution in [0, 0.1) is 0 Å². The van der Waals surface area contributed by atoms with Gasteiger partial charge in [-0.25, -0.2) is 0 Å². The molecule has 1 amide bonds. The molecule has 29 heavy (non-hydrogen) atoms. The maximum absolute atomic E-state index is 12.2. The van der Waals surface area contributed by atoms with E-state index in [1.165, 1.54) is 31.3 Å². The Morgan fingerprint density at radius 2 is 1.97 bits per heavy atom. The minimum atomic E-state index is 0.0633. The maximum Gasteiger partial charge on any atom is 0.220 e. The van der Waals surface area contributed by atoms with E-state index in [4.69, 9.17) is 5.10 Å². The third kappa shape index (κ3) is 5.12. The molecule has 0 aromatic carbocycles. The quantitative estimate of drug-likeness (QED) is 0.718. The first-order valence-electron chi connectivity index (χ1n) is 10.8. The Morgan fingerprint density at radius 3 is 2.76 bits per heavy atom. The summed E-state index contributed by atoms with van der Waals surface area (Å²) in [5, 5.41) is 16.2. The van der Waals surface area contributed by atoms with Gasteiger partial charge in [-0.1, -0.05) is 11.6 Å². The zero-order valence-electron chi connectivity index (χ0n) is 17.3. The van der Waals surface area contributed by atoms with E-state index in [-0.39, 0.29) is 5.91 Å². The summed E-state index contributed by atoms with van der Waals surface area (Å²) in [4.78, 5) is 16.8. The number of anilines is 1. The number of aryl methyl sites for hydroxylation is 1. The van der Waals surface area contributed by atoms with Crippen molar-refractivity contribution in [1.29, 1.82) is 0 Å². The van der Waals surface area contributed by atoms with Gasteiger partial charge in [0, 0.05) is 45.6 Å². The number of rotatable bonds is 7. The minimum Gasteiger partial charge on any atom is -0.356 e. The molecule has 0 radical (unpaired) electrons. The number of likely N-dealkylation sites (N-methyl/N-ethyl adjacent to an activating group) is 1. The number of nitrogens with one attached hydrogen (secondary N) is 1. The van der Waals surface area contributed by atoms with Crippen molar-refractivity contribution in [2.45, 2.75) is 44.9 Å². The van der Waals surface area contributed by atoms with Crippen molar-refractivity contribution in [3.63, 3.8) is 0 Å². The molecular weight excluding hydrogens is 366 g/mol. The minimum absolute atomic E-state index is 0.0633. The highest BCUT2D eigenvalue weighted by Crippen LogP contribution is 2.19. The molecule has 1 aliphatic heterocycles. The van der Waals surface area contributed by atoms with E-state index < -0.39 is 0 Å². The predicted octanol–water partition coefficient (Wildman–Crippen LogP) is 1.82. The van der Waals surface area contributed by atoms with Gasteiger partial charge in [0.05, 0.1) is 0 Å². The molecule has 0 atom stereocenters. The monoisotopic (exact) mass is 397 g/mol. The smallest absolute Gasteiger partial charge is 0.220 e. The summed E-state index contributed by atoms with van der Waals surface area (Å²) in [5.41, 5.74) is 2.21. The van der Waals surface area contributed by atoms with Crippen LogP contribution in [0.2, 0.25) is 0 Å². The third-order valence-electron chi connectivity index (χ3n) is 5.87. The van der Waals surface area contributed by atoms with Crippen LogP contribution in [0.3, 0.4) is 0 Å². The number of carbonyl (C=O) groups is 1. The van der Waals surface area contributed by atoms with Gasteiger partial charge in [0.2, 0.25) is 5.91 Å². The van der Waals surface area contributed by atoms with Crippen LogP contribution in [0.15, 0.2) is 23.8 Å². The van der Waals surface area contributed by atoms with Gasteiger partial charge in [-0.3, -0.25) is 4.79 Å². The Hall–Kier alpha value is -2.48. The molecule has 0 saturated carbocycles. The number of hydrogen-bond donors (Lipinski definition) is 1. The molecule has 1 aliphatic carbocycles. The second kappa shape index (κ2) is 9.35. The largest absolute Gasteiger partial charge is 0.356 e. The van der Waals surface area contributed by atoms with E-state index >= 15 is 0 Å². The van der Waals surface area contributed by atoms with Crippen molar-refractivity contribution in [3.8, 4) is 0 Å². The molecule has 0 spiro atoms. The van der Waals surface area contributed by atoms with Crippen LogP contribution in [-0.2, 0) is 11.2 Å². The molecule has 2 aliphatic rings. The van der Waals surface area contributed by atoms with Crippen LogP contribution in [0.1, 0.15) is 44.3 Å². The third-order valence-corrected chi connectivity index (χ3v) is 5.87. The molecule has 8 nitrogen and oxygen atoms in total. The van der Waals surface area contributed by atoms with E-state index in [0.29, 0.717) is 12.8 Å². The second-order valence-corrected chi connectivity index (χ2v) is 8.08. The van der Waals surface area contributed by atoms with E-state index in [1.807, 2.05) is 12.1 Å². The van der Waals surface area contributed by atoms with Crippen molar-refractivity contribution in [2.75, 3.05) is 44.7 Å². The van der Waals surface area contributed by atoms with Crippen LogP contribution < -0.4 is 10.2 Å². The van der Waals surface area contributed by atoms with Gasteiger partial charge >= 0.3 is 0 Å². The molecule has 1 N–H and O–H groups in total. The van der Waals surface area contributed by atoms with Crippen molar-refractivity contribution in [3.05, 3.63) is 29.6 Å². The highest BCUT2D eigenvalue weighted by Gasteiger charge is 2.17. The normalized spacial score (nSPS) is 18.1. The van der Waals surface area contributed by atoms with Crippen molar-refractivity contribution < 1.29 is 4.79 Å². The van der Waals surface area contributed by atoms with Crippen LogP contribution in [0.4, 0.5) is 5.82 Å². The van der Waals surface area contributed by atoms with E-state index in [1.54, 1.807) is 4.52 Å². The van der Waals surface area contributed by atoms with Crippen LogP contribution >= 0.6 is 0 Å². The highest BCUT2D eigenvalue weighted by molar-refractivity contribution is 5.76. The summed E-state index contributed by atoms with van der Waals surface area (Å²) < 4.78 is 1.79. The van der Waals surface area contributed by atoms with Crippen molar-refractivity contribution in [2.24, 2.45) is 0 Å². The molecule has 8 heteroatoms. The summed E-state index contributed by atoms with van der Waals surface area (Å²) in [7, 11) is 2.14. The molecule has 0 bridgehead atoms. The number of aromatic nitrogens is 4.